The smallest absolute Gasteiger partial charge is 0.336 e. The van der Waals surface area contributed by atoms with E-state index in [0.29, 0.717) is 17.1 Å². The molecule has 0 saturated carbocycles. The number of aromatic nitrogens is 1. The lowest BCUT2D eigenvalue weighted by molar-refractivity contribution is -0.158. The summed E-state index contributed by atoms with van der Waals surface area (Å²) in [6.45, 7) is 2.62. The molecule has 0 radical (unpaired) electrons. The predicted molar refractivity (Wildman–Crippen MR) is 71.6 cm³/mol. The molecular formula is C13H15ClN2O4. The van der Waals surface area contributed by atoms with Crippen LogP contribution in [0.25, 0.3) is 0 Å². The van der Waals surface area contributed by atoms with E-state index in [0.717, 1.165) is 5.69 Å². The summed E-state index contributed by atoms with van der Waals surface area (Å²) in [5.74, 6) is -0.754. The molecule has 1 aromatic heterocycles. The third-order valence-corrected chi connectivity index (χ3v) is 3.35. The van der Waals surface area contributed by atoms with Gasteiger partial charge in [-0.05, 0) is 13.0 Å². The van der Waals surface area contributed by atoms with E-state index in [1.807, 2.05) is 0 Å². The average molecular weight is 299 g/mol. The Hall–Kier alpha value is -1.66. The van der Waals surface area contributed by atoms with E-state index in [-0.39, 0.29) is 19.1 Å². The van der Waals surface area contributed by atoms with E-state index in [1.165, 1.54) is 18.2 Å². The first kappa shape index (κ1) is 14.7. The lowest BCUT2D eigenvalue weighted by Crippen LogP contribution is -2.49. The van der Waals surface area contributed by atoms with Gasteiger partial charge in [-0.1, -0.05) is 11.6 Å². The van der Waals surface area contributed by atoms with Crippen LogP contribution in [0.15, 0.2) is 12.3 Å². The number of amides is 1. The summed E-state index contributed by atoms with van der Waals surface area (Å²) >= 11 is 6.06. The molecule has 0 bridgehead atoms. The number of pyridine rings is 1. The lowest BCUT2D eigenvalue weighted by atomic mass is 10.2. The summed E-state index contributed by atoms with van der Waals surface area (Å²) in [5.41, 5.74) is 1.06. The summed E-state index contributed by atoms with van der Waals surface area (Å²) in [4.78, 5) is 29.4. The van der Waals surface area contributed by atoms with Crippen LogP contribution in [-0.2, 0) is 14.3 Å². The molecule has 1 aliphatic heterocycles. The summed E-state index contributed by atoms with van der Waals surface area (Å²) < 4.78 is 9.90. The highest BCUT2D eigenvalue weighted by atomic mass is 35.5. The molecule has 6 nitrogen and oxygen atoms in total. The van der Waals surface area contributed by atoms with Crippen molar-refractivity contribution in [3.05, 3.63) is 28.5 Å². The number of rotatable bonds is 2. The Bertz CT molecular complexity index is 535. The van der Waals surface area contributed by atoms with Crippen LogP contribution >= 0.6 is 11.6 Å². The number of morpholine rings is 1. The zero-order valence-corrected chi connectivity index (χ0v) is 12.0. The molecule has 0 spiro atoms. The zero-order chi connectivity index (χ0) is 14.7. The van der Waals surface area contributed by atoms with Gasteiger partial charge in [0.1, 0.15) is 0 Å². The van der Waals surface area contributed by atoms with Crippen LogP contribution in [0, 0.1) is 6.92 Å². The second-order valence-corrected chi connectivity index (χ2v) is 4.85. The molecule has 20 heavy (non-hydrogen) atoms. The van der Waals surface area contributed by atoms with Crippen molar-refractivity contribution in [2.24, 2.45) is 0 Å². The van der Waals surface area contributed by atoms with E-state index < -0.39 is 12.1 Å². The molecule has 1 fully saturated rings. The van der Waals surface area contributed by atoms with E-state index in [2.05, 4.69) is 9.72 Å². The fourth-order valence-electron chi connectivity index (χ4n) is 1.96. The molecular weight excluding hydrogens is 284 g/mol. The van der Waals surface area contributed by atoms with E-state index in [4.69, 9.17) is 16.3 Å². The third kappa shape index (κ3) is 3.08. The topological polar surface area (TPSA) is 68.7 Å². The van der Waals surface area contributed by atoms with Crippen molar-refractivity contribution in [3.8, 4) is 0 Å². The Labute approximate surface area is 121 Å². The van der Waals surface area contributed by atoms with Gasteiger partial charge in [-0.15, -0.1) is 0 Å². The molecule has 1 aliphatic rings. The lowest BCUT2D eigenvalue weighted by Gasteiger charge is -2.31. The molecule has 108 valence electrons. The van der Waals surface area contributed by atoms with Crippen molar-refractivity contribution in [1.82, 2.24) is 9.88 Å². The number of nitrogens with zero attached hydrogens (tertiary/aromatic N) is 2. The van der Waals surface area contributed by atoms with Crippen LogP contribution in [-0.4, -0.2) is 54.7 Å². The van der Waals surface area contributed by atoms with Crippen LogP contribution in [0.4, 0.5) is 0 Å². The standard InChI is InChI=1S/C13H15ClN2O4/c1-8-5-10(14)9(6-15-8)12(17)16-3-4-20-11(7-16)13(18)19-2/h5-6,11H,3-4,7H2,1-2H3. The van der Waals surface area contributed by atoms with Crippen molar-refractivity contribution >= 4 is 23.5 Å². The second-order valence-electron chi connectivity index (χ2n) is 4.44. The highest BCUT2D eigenvalue weighted by Crippen LogP contribution is 2.19. The van der Waals surface area contributed by atoms with E-state index in [9.17, 15) is 9.59 Å². The Kier molecular flexibility index (Phi) is 4.57. The highest BCUT2D eigenvalue weighted by molar-refractivity contribution is 6.33. The zero-order valence-electron chi connectivity index (χ0n) is 11.3. The number of hydrogen-bond donors (Lipinski definition) is 0. The minimum absolute atomic E-state index is 0.149. The number of aryl methyl sites for hydroxylation is 1. The summed E-state index contributed by atoms with van der Waals surface area (Å²) in [6, 6.07) is 1.63. The Morgan fingerprint density at radius 2 is 2.30 bits per heavy atom. The second kappa shape index (κ2) is 6.19. The molecule has 1 saturated heterocycles. The number of halogens is 1. The van der Waals surface area contributed by atoms with Gasteiger partial charge in [0.25, 0.3) is 5.91 Å². The van der Waals surface area contributed by atoms with Gasteiger partial charge in [-0.25, -0.2) is 4.79 Å². The average Bonchev–Trinajstić information content (AvgIpc) is 2.46. The molecule has 0 aliphatic carbocycles. The molecule has 0 N–H and O–H groups in total. The minimum atomic E-state index is -0.755. The van der Waals surface area contributed by atoms with Crippen LogP contribution < -0.4 is 0 Å². The van der Waals surface area contributed by atoms with Gasteiger partial charge in [-0.2, -0.15) is 0 Å². The largest absolute Gasteiger partial charge is 0.467 e. The highest BCUT2D eigenvalue weighted by Gasteiger charge is 2.31. The van der Waals surface area contributed by atoms with Crippen molar-refractivity contribution in [2.75, 3.05) is 26.8 Å². The maximum atomic E-state index is 12.4. The third-order valence-electron chi connectivity index (χ3n) is 3.04. The van der Waals surface area contributed by atoms with Crippen LogP contribution in [0.2, 0.25) is 5.02 Å². The summed E-state index contributed by atoms with van der Waals surface area (Å²) in [7, 11) is 1.28. The van der Waals surface area contributed by atoms with Crippen molar-refractivity contribution in [3.63, 3.8) is 0 Å². The fourth-order valence-corrected chi connectivity index (χ4v) is 2.25. The van der Waals surface area contributed by atoms with Gasteiger partial charge in [0, 0.05) is 18.4 Å². The van der Waals surface area contributed by atoms with Gasteiger partial charge in [-0.3, -0.25) is 9.78 Å². The van der Waals surface area contributed by atoms with Gasteiger partial charge in [0.05, 0.1) is 30.8 Å². The molecule has 0 aromatic carbocycles. The molecule has 1 amide bonds. The number of esters is 1. The number of hydrogen-bond acceptors (Lipinski definition) is 5. The molecule has 2 heterocycles. The van der Waals surface area contributed by atoms with Crippen molar-refractivity contribution in [2.45, 2.75) is 13.0 Å². The molecule has 1 aromatic rings. The first-order valence-corrected chi connectivity index (χ1v) is 6.51. The van der Waals surface area contributed by atoms with E-state index in [1.54, 1.807) is 13.0 Å². The Morgan fingerprint density at radius 3 is 2.95 bits per heavy atom. The fraction of sp³-hybridized carbons (Fsp3) is 0.462. The van der Waals surface area contributed by atoms with Crippen LogP contribution in [0.5, 0.6) is 0 Å². The molecule has 1 unspecified atom stereocenters. The maximum absolute atomic E-state index is 12.4. The molecule has 1 atom stereocenters. The van der Waals surface area contributed by atoms with Crippen molar-refractivity contribution < 1.29 is 19.1 Å². The van der Waals surface area contributed by atoms with E-state index >= 15 is 0 Å². The van der Waals surface area contributed by atoms with Gasteiger partial charge in [0.2, 0.25) is 0 Å². The predicted octanol–water partition coefficient (Wildman–Crippen LogP) is 1.06. The molecule has 7 heteroatoms. The molecule has 2 rings (SSSR count). The number of ether oxygens (including phenoxy) is 2. The van der Waals surface area contributed by atoms with Crippen LogP contribution in [0.1, 0.15) is 16.1 Å². The summed E-state index contributed by atoms with van der Waals surface area (Å²) in [5, 5.41) is 0.351. The minimum Gasteiger partial charge on any atom is -0.467 e. The normalized spacial score (nSPS) is 18.8. The van der Waals surface area contributed by atoms with Crippen LogP contribution in [0.3, 0.4) is 0 Å². The van der Waals surface area contributed by atoms with Crippen molar-refractivity contribution in [1.29, 1.82) is 0 Å². The number of carbonyl (C=O) groups is 2. The number of carbonyl (C=O) groups excluding carboxylic acids is 2. The van der Waals surface area contributed by atoms with Gasteiger partial charge >= 0.3 is 5.97 Å². The summed E-state index contributed by atoms with van der Waals surface area (Å²) in [6.07, 6.45) is 0.692. The van der Waals surface area contributed by atoms with Gasteiger partial charge in [0.15, 0.2) is 6.10 Å². The number of methoxy groups -OCH3 is 1. The first-order valence-electron chi connectivity index (χ1n) is 6.13. The monoisotopic (exact) mass is 298 g/mol. The Balaban J connectivity index is 2.14. The maximum Gasteiger partial charge on any atom is 0.336 e. The Morgan fingerprint density at radius 1 is 1.55 bits per heavy atom. The van der Waals surface area contributed by atoms with Gasteiger partial charge < -0.3 is 14.4 Å². The first-order chi connectivity index (χ1) is 9.52. The quantitative estimate of drug-likeness (QED) is 0.764. The SMILES string of the molecule is COC(=O)C1CN(C(=O)c2cnc(C)cc2Cl)CCO1.